The molecule has 3 N–H and O–H groups in total. The van der Waals surface area contributed by atoms with Crippen molar-refractivity contribution >= 4 is 10.8 Å². The molecule has 2 rings (SSSR count). The van der Waals surface area contributed by atoms with Gasteiger partial charge in [-0.2, -0.15) is 0 Å². The van der Waals surface area contributed by atoms with Gasteiger partial charge in [-0.15, -0.1) is 0 Å². The van der Waals surface area contributed by atoms with E-state index in [1.54, 1.807) is 6.20 Å². The molecule has 0 saturated carbocycles. The fourth-order valence-corrected chi connectivity index (χ4v) is 1.20. The van der Waals surface area contributed by atoms with Gasteiger partial charge in [0.2, 0.25) is 0 Å². The molecular formula is C8H8N2O2. The lowest BCUT2D eigenvalue weighted by Gasteiger charge is -1.94. The first-order chi connectivity index (χ1) is 5.83. The number of hydrogen-bond donors (Lipinski definition) is 2. The second kappa shape index (κ2) is 2.49. The highest BCUT2D eigenvalue weighted by Gasteiger charge is 2.08. The average molecular weight is 164 g/mol. The monoisotopic (exact) mass is 164 g/mol. The van der Waals surface area contributed by atoms with E-state index < -0.39 is 0 Å². The summed E-state index contributed by atoms with van der Waals surface area (Å²) >= 11 is 0. The van der Waals surface area contributed by atoms with Crippen LogP contribution >= 0.6 is 0 Å². The van der Waals surface area contributed by atoms with Gasteiger partial charge >= 0.3 is 0 Å². The Balaban J connectivity index is 2.83. The number of furan rings is 1. The second-order valence-corrected chi connectivity index (χ2v) is 2.49. The van der Waals surface area contributed by atoms with Gasteiger partial charge in [-0.05, 0) is 0 Å². The van der Waals surface area contributed by atoms with E-state index in [2.05, 4.69) is 4.98 Å². The fourth-order valence-electron chi connectivity index (χ4n) is 1.20. The molecule has 0 radical (unpaired) electrons. The van der Waals surface area contributed by atoms with Crippen molar-refractivity contribution in [2.45, 2.75) is 6.54 Å². The highest BCUT2D eigenvalue weighted by Crippen LogP contribution is 2.27. The average Bonchev–Trinajstić information content (AvgIpc) is 2.49. The van der Waals surface area contributed by atoms with Gasteiger partial charge in [0, 0.05) is 11.6 Å². The molecule has 4 nitrogen and oxygen atoms in total. The van der Waals surface area contributed by atoms with Gasteiger partial charge in [0.25, 0.3) is 0 Å². The molecule has 0 aliphatic heterocycles. The number of nitrogens with zero attached hydrogens (tertiary/aromatic N) is 1. The molecule has 2 heterocycles. The van der Waals surface area contributed by atoms with Crippen LogP contribution in [0.3, 0.4) is 0 Å². The van der Waals surface area contributed by atoms with Crippen molar-refractivity contribution in [3.05, 3.63) is 24.4 Å². The van der Waals surface area contributed by atoms with Crippen molar-refractivity contribution in [1.82, 2.24) is 4.98 Å². The maximum absolute atomic E-state index is 9.39. The van der Waals surface area contributed by atoms with Crippen LogP contribution in [0.5, 0.6) is 5.75 Å². The Labute approximate surface area is 68.6 Å². The maximum atomic E-state index is 9.39. The quantitative estimate of drug-likeness (QED) is 0.659. The number of fused-ring (bicyclic) bond motifs is 1. The molecule has 0 amide bonds. The largest absolute Gasteiger partial charge is 0.506 e. The Morgan fingerprint density at radius 1 is 1.50 bits per heavy atom. The zero-order valence-corrected chi connectivity index (χ0v) is 6.32. The number of rotatable bonds is 1. The van der Waals surface area contributed by atoms with Gasteiger partial charge in [-0.3, -0.25) is 4.98 Å². The van der Waals surface area contributed by atoms with Crippen LogP contribution in [0.4, 0.5) is 0 Å². The minimum atomic E-state index is 0.113. The van der Waals surface area contributed by atoms with Crippen LogP contribution in [0, 0.1) is 0 Å². The summed E-state index contributed by atoms with van der Waals surface area (Å²) in [7, 11) is 0. The van der Waals surface area contributed by atoms with E-state index in [9.17, 15) is 5.11 Å². The molecule has 0 fully saturated rings. The van der Waals surface area contributed by atoms with E-state index in [-0.39, 0.29) is 12.3 Å². The van der Waals surface area contributed by atoms with Crippen LogP contribution in [-0.4, -0.2) is 10.1 Å². The Kier molecular flexibility index (Phi) is 1.48. The van der Waals surface area contributed by atoms with Crippen LogP contribution in [0.1, 0.15) is 5.76 Å². The highest BCUT2D eigenvalue weighted by molar-refractivity contribution is 5.88. The van der Waals surface area contributed by atoms with Crippen molar-refractivity contribution in [2.24, 2.45) is 5.73 Å². The van der Waals surface area contributed by atoms with Gasteiger partial charge in [-0.25, -0.2) is 0 Å². The topological polar surface area (TPSA) is 72.3 Å². The Bertz CT molecular complexity index is 408. The predicted octanol–water partition coefficient (Wildman–Crippen LogP) is 0.992. The number of nitrogens with two attached hydrogens (primary N) is 1. The number of pyridine rings is 1. The molecule has 0 atom stereocenters. The molecule has 0 aliphatic carbocycles. The van der Waals surface area contributed by atoms with E-state index in [0.29, 0.717) is 11.1 Å². The molecule has 0 aromatic carbocycles. The van der Waals surface area contributed by atoms with Crippen LogP contribution in [-0.2, 0) is 6.54 Å². The summed E-state index contributed by atoms with van der Waals surface area (Å²) in [5.41, 5.74) is 5.40. The zero-order chi connectivity index (χ0) is 8.55. The lowest BCUT2D eigenvalue weighted by molar-refractivity contribution is 0.474. The molecule has 0 unspecified atom stereocenters. The standard InChI is InChI=1S/C8H8N2O2/c9-1-7-8-5(4-12-7)2-10-3-6(8)11/h2-4,11H,1,9H2. The van der Waals surface area contributed by atoms with Gasteiger partial charge in [0.1, 0.15) is 17.8 Å². The molecule has 2 aromatic heterocycles. The molecule has 4 heteroatoms. The van der Waals surface area contributed by atoms with E-state index in [4.69, 9.17) is 10.2 Å². The number of aromatic hydroxyl groups is 1. The van der Waals surface area contributed by atoms with Crippen LogP contribution in [0.25, 0.3) is 10.8 Å². The van der Waals surface area contributed by atoms with Crippen molar-refractivity contribution in [3.8, 4) is 5.75 Å². The van der Waals surface area contributed by atoms with E-state index >= 15 is 0 Å². The molecule has 0 bridgehead atoms. The van der Waals surface area contributed by atoms with E-state index in [1.165, 1.54) is 12.5 Å². The van der Waals surface area contributed by atoms with Crippen LogP contribution in [0.15, 0.2) is 23.1 Å². The SMILES string of the molecule is NCc1occ2cncc(O)c12. The normalized spacial score (nSPS) is 10.8. The molecular weight excluding hydrogens is 156 g/mol. The summed E-state index contributed by atoms with van der Waals surface area (Å²) in [6.07, 6.45) is 4.53. The van der Waals surface area contributed by atoms with E-state index in [1.807, 2.05) is 0 Å². The van der Waals surface area contributed by atoms with Crippen molar-refractivity contribution in [3.63, 3.8) is 0 Å². The first-order valence-corrected chi connectivity index (χ1v) is 3.56. The summed E-state index contributed by atoms with van der Waals surface area (Å²) in [6.45, 7) is 0.279. The minimum absolute atomic E-state index is 0.113. The maximum Gasteiger partial charge on any atom is 0.145 e. The highest BCUT2D eigenvalue weighted by atomic mass is 16.3. The summed E-state index contributed by atoms with van der Waals surface area (Å²) in [5, 5.41) is 10.8. The predicted molar refractivity (Wildman–Crippen MR) is 43.6 cm³/mol. The van der Waals surface area contributed by atoms with Crippen molar-refractivity contribution < 1.29 is 9.52 Å². The van der Waals surface area contributed by atoms with Gasteiger partial charge < -0.3 is 15.3 Å². The van der Waals surface area contributed by atoms with Gasteiger partial charge in [0.05, 0.1) is 18.1 Å². The second-order valence-electron chi connectivity index (χ2n) is 2.49. The molecule has 0 saturated heterocycles. The molecule has 2 aromatic rings. The number of hydrogen-bond acceptors (Lipinski definition) is 4. The summed E-state index contributed by atoms with van der Waals surface area (Å²) < 4.78 is 5.12. The molecule has 12 heavy (non-hydrogen) atoms. The van der Waals surface area contributed by atoms with Crippen molar-refractivity contribution in [1.29, 1.82) is 0 Å². The zero-order valence-electron chi connectivity index (χ0n) is 6.32. The van der Waals surface area contributed by atoms with E-state index in [0.717, 1.165) is 5.39 Å². The Morgan fingerprint density at radius 3 is 3.08 bits per heavy atom. The lowest BCUT2D eigenvalue weighted by Crippen LogP contribution is -1.94. The fraction of sp³-hybridized carbons (Fsp3) is 0.125. The first-order valence-electron chi connectivity index (χ1n) is 3.56. The first kappa shape index (κ1) is 7.12. The van der Waals surface area contributed by atoms with Crippen molar-refractivity contribution in [2.75, 3.05) is 0 Å². The Morgan fingerprint density at radius 2 is 2.33 bits per heavy atom. The summed E-state index contributed by atoms with van der Waals surface area (Å²) in [5.74, 6) is 0.701. The lowest BCUT2D eigenvalue weighted by atomic mass is 10.2. The van der Waals surface area contributed by atoms with Gasteiger partial charge in [0.15, 0.2) is 0 Å². The van der Waals surface area contributed by atoms with Gasteiger partial charge in [-0.1, -0.05) is 0 Å². The molecule has 0 spiro atoms. The smallest absolute Gasteiger partial charge is 0.145 e. The Hall–Kier alpha value is -1.55. The summed E-state index contributed by atoms with van der Waals surface area (Å²) in [4.78, 5) is 3.81. The molecule has 0 aliphatic rings. The third kappa shape index (κ3) is 0.853. The minimum Gasteiger partial charge on any atom is -0.506 e. The van der Waals surface area contributed by atoms with Crippen LogP contribution in [0.2, 0.25) is 0 Å². The third-order valence-corrected chi connectivity index (χ3v) is 1.75. The van der Waals surface area contributed by atoms with Crippen LogP contribution < -0.4 is 5.73 Å². The third-order valence-electron chi connectivity index (χ3n) is 1.75. The molecule has 62 valence electrons. The summed E-state index contributed by atoms with van der Waals surface area (Å²) in [6, 6.07) is 0. The number of aromatic nitrogens is 1.